The molecule has 0 aliphatic heterocycles. The molecule has 0 spiro atoms. The van der Waals surface area contributed by atoms with Gasteiger partial charge in [-0.15, -0.1) is 0 Å². The summed E-state index contributed by atoms with van der Waals surface area (Å²) < 4.78 is 2.11. The van der Waals surface area contributed by atoms with Gasteiger partial charge in [0, 0.05) is 41.8 Å². The topological polar surface area (TPSA) is 57.5 Å². The first-order valence-electron chi connectivity index (χ1n) is 9.48. The van der Waals surface area contributed by atoms with Crippen molar-refractivity contribution in [1.29, 1.82) is 0 Å². The molecule has 3 aromatic carbocycles. The fourth-order valence-corrected chi connectivity index (χ4v) is 3.21. The van der Waals surface area contributed by atoms with Gasteiger partial charge < -0.3 is 11.1 Å². The summed E-state index contributed by atoms with van der Waals surface area (Å²) in [6, 6.07) is 26.3. The van der Waals surface area contributed by atoms with Crippen LogP contribution in [0.1, 0.15) is 5.56 Å². The predicted molar refractivity (Wildman–Crippen MR) is 122 cm³/mol. The number of hydrogen-bond acceptors (Lipinski definition) is 4. The lowest BCUT2D eigenvalue weighted by atomic mass is 10.1. The Bertz CT molecular complexity index is 1150. The Hall–Kier alpha value is -3.86. The summed E-state index contributed by atoms with van der Waals surface area (Å²) in [7, 11) is 4.00. The zero-order valence-electron chi connectivity index (χ0n) is 16.6. The van der Waals surface area contributed by atoms with E-state index in [0.717, 1.165) is 28.3 Å². The van der Waals surface area contributed by atoms with Gasteiger partial charge in [0.25, 0.3) is 0 Å². The number of nitrogens with zero attached hydrogens (tertiary/aromatic N) is 3. The molecule has 0 saturated heterocycles. The van der Waals surface area contributed by atoms with E-state index in [4.69, 9.17) is 5.73 Å². The van der Waals surface area contributed by atoms with Crippen molar-refractivity contribution in [3.63, 3.8) is 0 Å². The van der Waals surface area contributed by atoms with Crippen molar-refractivity contribution in [3.8, 4) is 0 Å². The fourth-order valence-electron chi connectivity index (χ4n) is 3.21. The number of aryl methyl sites for hydroxylation is 1. The first-order valence-corrected chi connectivity index (χ1v) is 9.48. The Kier molecular flexibility index (Phi) is 5.12. The van der Waals surface area contributed by atoms with Crippen LogP contribution in [0.3, 0.4) is 0 Å². The van der Waals surface area contributed by atoms with E-state index in [1.54, 1.807) is 0 Å². The lowest BCUT2D eigenvalue weighted by Gasteiger charge is -2.14. The van der Waals surface area contributed by atoms with Crippen LogP contribution in [-0.2, 0) is 7.05 Å². The monoisotopic (exact) mass is 382 g/mol. The SMILES string of the molecule is CN(/N=C/c1cc[n+](C)c2ccccc12)c1ccc(Nc2ccc(N)cc2)cc1. The molecule has 0 fully saturated rings. The van der Waals surface area contributed by atoms with E-state index in [0.29, 0.717) is 0 Å². The van der Waals surface area contributed by atoms with Gasteiger partial charge in [-0.2, -0.15) is 5.10 Å². The van der Waals surface area contributed by atoms with E-state index >= 15 is 0 Å². The maximum atomic E-state index is 5.73. The summed E-state index contributed by atoms with van der Waals surface area (Å²) in [5.74, 6) is 0. The first-order chi connectivity index (χ1) is 14.1. The molecule has 5 nitrogen and oxygen atoms in total. The van der Waals surface area contributed by atoms with Gasteiger partial charge in [-0.1, -0.05) is 12.1 Å². The van der Waals surface area contributed by atoms with Crippen LogP contribution in [0, 0.1) is 0 Å². The largest absolute Gasteiger partial charge is 0.399 e. The number of benzene rings is 3. The summed E-state index contributed by atoms with van der Waals surface area (Å²) in [5.41, 5.74) is 11.8. The molecule has 144 valence electrons. The zero-order chi connectivity index (χ0) is 20.2. The number of nitrogen functional groups attached to an aromatic ring is 1. The van der Waals surface area contributed by atoms with Gasteiger partial charge in [0.2, 0.25) is 5.52 Å². The van der Waals surface area contributed by atoms with E-state index in [9.17, 15) is 0 Å². The molecule has 0 unspecified atom stereocenters. The number of para-hydroxylation sites is 1. The van der Waals surface area contributed by atoms with Crippen LogP contribution in [0.15, 0.2) is 90.2 Å². The Labute approximate surface area is 170 Å². The Morgan fingerprint density at radius 2 is 1.55 bits per heavy atom. The van der Waals surface area contributed by atoms with E-state index < -0.39 is 0 Å². The highest BCUT2D eigenvalue weighted by Crippen LogP contribution is 2.22. The van der Waals surface area contributed by atoms with Gasteiger partial charge in [0.15, 0.2) is 6.20 Å². The van der Waals surface area contributed by atoms with Crippen molar-refractivity contribution in [1.82, 2.24) is 0 Å². The van der Waals surface area contributed by atoms with Crippen molar-refractivity contribution in [2.24, 2.45) is 12.1 Å². The second kappa shape index (κ2) is 8.02. The van der Waals surface area contributed by atoms with E-state index in [1.165, 1.54) is 10.9 Å². The number of anilines is 4. The Balaban J connectivity index is 1.49. The molecule has 5 heteroatoms. The molecular weight excluding hydrogens is 358 g/mol. The third-order valence-electron chi connectivity index (χ3n) is 4.88. The average Bonchev–Trinajstić information content (AvgIpc) is 2.75. The number of hydrogen-bond donors (Lipinski definition) is 2. The van der Waals surface area contributed by atoms with Crippen molar-refractivity contribution in [3.05, 3.63) is 90.6 Å². The summed E-state index contributed by atoms with van der Waals surface area (Å²) in [4.78, 5) is 0. The van der Waals surface area contributed by atoms with E-state index in [2.05, 4.69) is 58.6 Å². The summed E-state index contributed by atoms with van der Waals surface area (Å²) in [6.45, 7) is 0. The number of hydrazone groups is 1. The third-order valence-corrected chi connectivity index (χ3v) is 4.88. The lowest BCUT2D eigenvalue weighted by molar-refractivity contribution is -0.644. The molecule has 4 rings (SSSR count). The molecule has 0 aliphatic carbocycles. The third kappa shape index (κ3) is 4.19. The standard InChI is InChI=1S/C24H23N5/c1-28-16-15-18(23-5-3-4-6-24(23)28)17-26-29(2)22-13-11-21(12-14-22)27-20-9-7-19(25)8-10-20/h3-17,25-26H,1-2H3/p+1. The number of aromatic nitrogens is 1. The summed E-state index contributed by atoms with van der Waals surface area (Å²) >= 11 is 0. The first kappa shape index (κ1) is 18.5. The van der Waals surface area contributed by atoms with E-state index in [-0.39, 0.29) is 0 Å². The van der Waals surface area contributed by atoms with Gasteiger partial charge in [-0.25, -0.2) is 4.57 Å². The van der Waals surface area contributed by atoms with Gasteiger partial charge in [-0.3, -0.25) is 5.01 Å². The van der Waals surface area contributed by atoms with Gasteiger partial charge in [-0.05, 0) is 54.6 Å². The van der Waals surface area contributed by atoms with Crippen LogP contribution >= 0.6 is 0 Å². The Morgan fingerprint density at radius 1 is 0.897 bits per heavy atom. The molecule has 0 saturated carbocycles. The number of fused-ring (bicyclic) bond motifs is 1. The lowest BCUT2D eigenvalue weighted by Crippen LogP contribution is -2.28. The van der Waals surface area contributed by atoms with Crippen LogP contribution in [0.5, 0.6) is 0 Å². The number of pyridine rings is 1. The quantitative estimate of drug-likeness (QED) is 0.232. The molecule has 3 N–H and O–H groups in total. The highest BCUT2D eigenvalue weighted by molar-refractivity contribution is 5.97. The Morgan fingerprint density at radius 3 is 2.28 bits per heavy atom. The van der Waals surface area contributed by atoms with Crippen molar-refractivity contribution < 1.29 is 4.57 Å². The van der Waals surface area contributed by atoms with Crippen LogP contribution < -0.4 is 20.6 Å². The number of nitrogens with two attached hydrogens (primary N) is 1. The van der Waals surface area contributed by atoms with Crippen LogP contribution in [-0.4, -0.2) is 13.3 Å². The van der Waals surface area contributed by atoms with Crippen LogP contribution in [0.25, 0.3) is 10.9 Å². The molecule has 29 heavy (non-hydrogen) atoms. The second-order valence-corrected chi connectivity index (χ2v) is 6.96. The number of nitrogens with one attached hydrogen (secondary N) is 1. The zero-order valence-corrected chi connectivity index (χ0v) is 16.6. The predicted octanol–water partition coefficient (Wildman–Crippen LogP) is 4.46. The van der Waals surface area contributed by atoms with Crippen LogP contribution in [0.4, 0.5) is 22.7 Å². The fraction of sp³-hybridized carbons (Fsp3) is 0.0833. The molecule has 1 heterocycles. The second-order valence-electron chi connectivity index (χ2n) is 6.96. The van der Waals surface area contributed by atoms with Gasteiger partial charge >= 0.3 is 0 Å². The summed E-state index contributed by atoms with van der Waals surface area (Å²) in [5, 5.41) is 11.0. The smallest absolute Gasteiger partial charge is 0.212 e. The molecule has 0 atom stereocenters. The number of rotatable bonds is 5. The minimum atomic E-state index is 0.755. The van der Waals surface area contributed by atoms with Crippen molar-refractivity contribution >= 4 is 39.9 Å². The molecular formula is C24H24N5+. The molecule has 1 aromatic heterocycles. The van der Waals surface area contributed by atoms with Crippen molar-refractivity contribution in [2.45, 2.75) is 0 Å². The molecule has 0 radical (unpaired) electrons. The highest BCUT2D eigenvalue weighted by Gasteiger charge is 2.07. The van der Waals surface area contributed by atoms with Crippen molar-refractivity contribution in [2.75, 3.05) is 23.1 Å². The normalized spacial score (nSPS) is 11.1. The molecule has 4 aromatic rings. The van der Waals surface area contributed by atoms with Gasteiger partial charge in [0.1, 0.15) is 7.05 Å². The molecule has 0 aliphatic rings. The minimum Gasteiger partial charge on any atom is -0.399 e. The minimum absolute atomic E-state index is 0.755. The average molecular weight is 382 g/mol. The van der Waals surface area contributed by atoms with Gasteiger partial charge in [0.05, 0.1) is 17.3 Å². The van der Waals surface area contributed by atoms with Crippen LogP contribution in [0.2, 0.25) is 0 Å². The maximum absolute atomic E-state index is 5.73. The molecule has 0 amide bonds. The molecule has 0 bridgehead atoms. The van der Waals surface area contributed by atoms with E-state index in [1.807, 2.05) is 66.8 Å². The summed E-state index contributed by atoms with van der Waals surface area (Å²) in [6.07, 6.45) is 3.96. The highest BCUT2D eigenvalue weighted by atomic mass is 15.4. The maximum Gasteiger partial charge on any atom is 0.212 e.